The zero-order valence-electron chi connectivity index (χ0n) is 10.9. The third kappa shape index (κ3) is 3.71. The maximum atomic E-state index is 12.6. The van der Waals surface area contributed by atoms with E-state index in [1.54, 1.807) is 12.1 Å². The van der Waals surface area contributed by atoms with Gasteiger partial charge in [0.15, 0.2) is 0 Å². The zero-order chi connectivity index (χ0) is 15.5. The van der Waals surface area contributed by atoms with E-state index in [2.05, 4.69) is 10.3 Å². The summed E-state index contributed by atoms with van der Waals surface area (Å²) < 4.78 is 42.7. The maximum absolute atomic E-state index is 12.6. The molecule has 0 aliphatic heterocycles. The first kappa shape index (κ1) is 14.8. The van der Waals surface area contributed by atoms with Crippen molar-refractivity contribution in [3.05, 3.63) is 53.7 Å². The van der Waals surface area contributed by atoms with Crippen LogP contribution in [0.1, 0.15) is 15.9 Å². The highest BCUT2D eigenvalue weighted by Gasteiger charge is 2.30. The second-order valence-electron chi connectivity index (χ2n) is 4.11. The number of rotatable bonds is 3. The molecule has 1 aromatic heterocycles. The van der Waals surface area contributed by atoms with Gasteiger partial charge in [0.05, 0.1) is 12.7 Å². The van der Waals surface area contributed by atoms with Crippen LogP contribution < -0.4 is 10.1 Å². The second kappa shape index (κ2) is 5.82. The molecule has 1 N–H and O–H groups in total. The van der Waals surface area contributed by atoms with Crippen molar-refractivity contribution in [2.45, 2.75) is 6.18 Å². The molecule has 0 bridgehead atoms. The van der Waals surface area contributed by atoms with Crippen molar-refractivity contribution in [2.75, 3.05) is 12.4 Å². The minimum atomic E-state index is -4.49. The molecule has 7 heteroatoms. The van der Waals surface area contributed by atoms with Gasteiger partial charge in [0.1, 0.15) is 11.6 Å². The predicted octanol–water partition coefficient (Wildman–Crippen LogP) is 3.36. The molecule has 4 nitrogen and oxygen atoms in total. The Morgan fingerprint density at radius 2 is 2.00 bits per heavy atom. The Bertz CT molecular complexity index is 657. The van der Waals surface area contributed by atoms with Gasteiger partial charge in [0.2, 0.25) is 0 Å². The molecule has 2 aromatic rings. The van der Waals surface area contributed by atoms with Crippen LogP contribution in [0, 0.1) is 0 Å². The van der Waals surface area contributed by atoms with E-state index in [1.165, 1.54) is 19.2 Å². The van der Waals surface area contributed by atoms with E-state index < -0.39 is 17.6 Å². The summed E-state index contributed by atoms with van der Waals surface area (Å²) in [5.41, 5.74) is -0.619. The summed E-state index contributed by atoms with van der Waals surface area (Å²) in [5, 5.41) is 2.32. The molecule has 0 fully saturated rings. The van der Waals surface area contributed by atoms with Crippen molar-refractivity contribution in [3.63, 3.8) is 0 Å². The highest BCUT2D eigenvalue weighted by Crippen LogP contribution is 2.30. The van der Waals surface area contributed by atoms with Crippen molar-refractivity contribution in [3.8, 4) is 5.75 Å². The normalized spacial score (nSPS) is 11.0. The first-order chi connectivity index (χ1) is 9.90. The van der Waals surface area contributed by atoms with Gasteiger partial charge in [-0.3, -0.25) is 4.79 Å². The number of ether oxygens (including phenoxy) is 1. The summed E-state index contributed by atoms with van der Waals surface area (Å²) in [7, 11) is 1.45. The SMILES string of the molecule is COc1cccc(C(=O)Nc2cc(C(F)(F)F)ccn2)c1. The van der Waals surface area contributed by atoms with Crippen molar-refractivity contribution in [1.29, 1.82) is 0 Å². The van der Waals surface area contributed by atoms with Gasteiger partial charge in [0, 0.05) is 11.8 Å². The number of carbonyl (C=O) groups excluding carboxylic acids is 1. The summed E-state index contributed by atoms with van der Waals surface area (Å²) in [4.78, 5) is 15.7. The van der Waals surface area contributed by atoms with Crippen LogP contribution in [0.2, 0.25) is 0 Å². The molecular weight excluding hydrogens is 285 g/mol. The number of aromatic nitrogens is 1. The molecule has 0 aliphatic rings. The van der Waals surface area contributed by atoms with Crippen LogP contribution in [0.15, 0.2) is 42.6 Å². The monoisotopic (exact) mass is 296 g/mol. The van der Waals surface area contributed by atoms with E-state index in [-0.39, 0.29) is 11.4 Å². The lowest BCUT2D eigenvalue weighted by atomic mass is 10.2. The molecule has 0 aliphatic carbocycles. The molecule has 0 radical (unpaired) electrons. The molecular formula is C14H11F3N2O2. The number of amides is 1. The predicted molar refractivity (Wildman–Crippen MR) is 70.2 cm³/mol. The fourth-order valence-corrected chi connectivity index (χ4v) is 1.63. The Labute approximate surface area is 118 Å². The molecule has 0 unspecified atom stereocenters. The number of nitrogens with zero attached hydrogens (tertiary/aromatic N) is 1. The van der Waals surface area contributed by atoms with Gasteiger partial charge in [0.25, 0.3) is 5.91 Å². The summed E-state index contributed by atoms with van der Waals surface area (Å²) in [6.07, 6.45) is -3.50. The molecule has 1 amide bonds. The van der Waals surface area contributed by atoms with Gasteiger partial charge < -0.3 is 10.1 Å². The van der Waals surface area contributed by atoms with Crippen molar-refractivity contribution in [1.82, 2.24) is 4.98 Å². The van der Waals surface area contributed by atoms with Gasteiger partial charge in [-0.2, -0.15) is 13.2 Å². The average Bonchev–Trinajstić information content (AvgIpc) is 2.46. The highest BCUT2D eigenvalue weighted by molar-refractivity contribution is 6.04. The number of hydrogen-bond donors (Lipinski definition) is 1. The van der Waals surface area contributed by atoms with Crippen LogP contribution in [0.25, 0.3) is 0 Å². The largest absolute Gasteiger partial charge is 0.497 e. The minimum absolute atomic E-state index is 0.169. The number of anilines is 1. The highest BCUT2D eigenvalue weighted by atomic mass is 19.4. The minimum Gasteiger partial charge on any atom is -0.497 e. The van der Waals surface area contributed by atoms with Crippen LogP contribution >= 0.6 is 0 Å². The standard InChI is InChI=1S/C14H11F3N2O2/c1-21-11-4-2-3-9(7-11)13(20)19-12-8-10(5-6-18-12)14(15,16)17/h2-8H,1H3,(H,18,19,20). The lowest BCUT2D eigenvalue weighted by Gasteiger charge is -2.09. The summed E-state index contributed by atoms with van der Waals surface area (Å²) >= 11 is 0. The van der Waals surface area contributed by atoms with Gasteiger partial charge in [-0.15, -0.1) is 0 Å². The average molecular weight is 296 g/mol. The molecule has 0 spiro atoms. The van der Waals surface area contributed by atoms with E-state index >= 15 is 0 Å². The molecule has 1 aromatic carbocycles. The molecule has 1 heterocycles. The molecule has 2 rings (SSSR count). The summed E-state index contributed by atoms with van der Waals surface area (Å²) in [6.45, 7) is 0. The van der Waals surface area contributed by atoms with Crippen molar-refractivity contribution in [2.24, 2.45) is 0 Å². The lowest BCUT2D eigenvalue weighted by Crippen LogP contribution is -2.14. The number of hydrogen-bond acceptors (Lipinski definition) is 3. The van der Waals surface area contributed by atoms with Crippen LogP contribution in [0.5, 0.6) is 5.75 Å². The van der Waals surface area contributed by atoms with E-state index in [4.69, 9.17) is 4.74 Å². The van der Waals surface area contributed by atoms with E-state index in [1.807, 2.05) is 0 Å². The number of benzene rings is 1. The quantitative estimate of drug-likeness (QED) is 0.945. The number of pyridine rings is 1. The van der Waals surface area contributed by atoms with Crippen LogP contribution in [0.3, 0.4) is 0 Å². The third-order valence-corrected chi connectivity index (χ3v) is 2.66. The zero-order valence-corrected chi connectivity index (χ0v) is 10.9. The Balaban J connectivity index is 2.19. The van der Waals surface area contributed by atoms with Crippen molar-refractivity contribution < 1.29 is 22.7 Å². The molecule has 110 valence electrons. The lowest BCUT2D eigenvalue weighted by molar-refractivity contribution is -0.137. The number of alkyl halides is 3. The van der Waals surface area contributed by atoms with Crippen LogP contribution in [-0.4, -0.2) is 18.0 Å². The molecule has 21 heavy (non-hydrogen) atoms. The van der Waals surface area contributed by atoms with Gasteiger partial charge in [-0.1, -0.05) is 6.07 Å². The topological polar surface area (TPSA) is 51.2 Å². The fraction of sp³-hybridized carbons (Fsp3) is 0.143. The number of carbonyl (C=O) groups is 1. The summed E-state index contributed by atoms with van der Waals surface area (Å²) in [6, 6.07) is 7.86. The van der Waals surface area contributed by atoms with Gasteiger partial charge in [-0.05, 0) is 30.3 Å². The van der Waals surface area contributed by atoms with E-state index in [0.717, 1.165) is 18.3 Å². The van der Waals surface area contributed by atoms with Gasteiger partial charge >= 0.3 is 6.18 Å². The number of methoxy groups -OCH3 is 1. The first-order valence-electron chi connectivity index (χ1n) is 5.89. The molecule has 0 saturated carbocycles. The second-order valence-corrected chi connectivity index (χ2v) is 4.11. The van der Waals surface area contributed by atoms with Crippen molar-refractivity contribution >= 4 is 11.7 Å². The Hall–Kier alpha value is -2.57. The Kier molecular flexibility index (Phi) is 4.11. The Morgan fingerprint density at radius 1 is 1.24 bits per heavy atom. The van der Waals surface area contributed by atoms with E-state index in [0.29, 0.717) is 5.75 Å². The molecule has 0 saturated heterocycles. The first-order valence-corrected chi connectivity index (χ1v) is 5.89. The van der Waals surface area contributed by atoms with Crippen LogP contribution in [-0.2, 0) is 6.18 Å². The maximum Gasteiger partial charge on any atom is 0.416 e. The number of halogens is 3. The Morgan fingerprint density at radius 3 is 2.67 bits per heavy atom. The van der Waals surface area contributed by atoms with Crippen LogP contribution in [0.4, 0.5) is 19.0 Å². The van der Waals surface area contributed by atoms with Gasteiger partial charge in [-0.25, -0.2) is 4.98 Å². The summed E-state index contributed by atoms with van der Waals surface area (Å²) in [5.74, 6) is -0.266. The molecule has 0 atom stereocenters. The van der Waals surface area contributed by atoms with E-state index in [9.17, 15) is 18.0 Å². The number of nitrogens with one attached hydrogen (secondary N) is 1. The smallest absolute Gasteiger partial charge is 0.416 e. The fourth-order valence-electron chi connectivity index (χ4n) is 1.63. The third-order valence-electron chi connectivity index (χ3n) is 2.66.